The van der Waals surface area contributed by atoms with Crippen LogP contribution in [0.4, 0.5) is 5.69 Å². The van der Waals surface area contributed by atoms with Crippen LogP contribution in [-0.2, 0) is 0 Å². The third kappa shape index (κ3) is 2.63. The predicted molar refractivity (Wildman–Crippen MR) is 71.0 cm³/mol. The minimum atomic E-state index is -0.973. The summed E-state index contributed by atoms with van der Waals surface area (Å²) in [5, 5.41) is 8.81. The number of hydrogen-bond acceptors (Lipinski definition) is 3. The molecule has 2 rings (SSSR count). The standard InChI is InChI=1S/C14H20N2O2/c1-3-14(2)6-8-16(9-7-14)11-4-5-12(13(17)18)15-10-11/h4-5,10H,3,6-9H2,1-2H3,(H,17,18). The average molecular weight is 248 g/mol. The van der Waals surface area contributed by atoms with E-state index < -0.39 is 5.97 Å². The molecule has 0 atom stereocenters. The predicted octanol–water partition coefficient (Wildman–Crippen LogP) is 2.80. The normalized spacial score (nSPS) is 18.7. The van der Waals surface area contributed by atoms with Gasteiger partial charge in [0.1, 0.15) is 5.69 Å². The molecule has 4 nitrogen and oxygen atoms in total. The topological polar surface area (TPSA) is 53.4 Å². The van der Waals surface area contributed by atoms with Crippen molar-refractivity contribution in [2.45, 2.75) is 33.1 Å². The first kappa shape index (κ1) is 12.9. The zero-order valence-electron chi connectivity index (χ0n) is 11.0. The van der Waals surface area contributed by atoms with Crippen LogP contribution in [0.15, 0.2) is 18.3 Å². The fraction of sp³-hybridized carbons (Fsp3) is 0.571. The van der Waals surface area contributed by atoms with Gasteiger partial charge in [-0.2, -0.15) is 0 Å². The summed E-state index contributed by atoms with van der Waals surface area (Å²) in [4.78, 5) is 17.0. The van der Waals surface area contributed by atoms with E-state index in [4.69, 9.17) is 5.11 Å². The van der Waals surface area contributed by atoms with E-state index in [1.54, 1.807) is 12.3 Å². The van der Waals surface area contributed by atoms with Gasteiger partial charge in [-0.1, -0.05) is 20.3 Å². The Morgan fingerprint density at radius 1 is 1.44 bits per heavy atom. The number of hydrogen-bond donors (Lipinski definition) is 1. The van der Waals surface area contributed by atoms with Crippen LogP contribution in [0.5, 0.6) is 0 Å². The number of carboxylic acid groups (broad SMARTS) is 1. The smallest absolute Gasteiger partial charge is 0.354 e. The molecule has 0 aliphatic carbocycles. The molecule has 1 saturated heterocycles. The molecule has 0 bridgehead atoms. The summed E-state index contributed by atoms with van der Waals surface area (Å²) >= 11 is 0. The Balaban J connectivity index is 2.03. The largest absolute Gasteiger partial charge is 0.477 e. The molecule has 1 aromatic rings. The first-order chi connectivity index (χ1) is 8.54. The second-order valence-corrected chi connectivity index (χ2v) is 5.36. The summed E-state index contributed by atoms with van der Waals surface area (Å²) in [5.41, 5.74) is 1.59. The van der Waals surface area contributed by atoms with E-state index in [0.29, 0.717) is 5.41 Å². The number of piperidine rings is 1. The Morgan fingerprint density at radius 2 is 2.11 bits per heavy atom. The SMILES string of the molecule is CCC1(C)CCN(c2ccc(C(=O)O)nc2)CC1. The van der Waals surface area contributed by atoms with E-state index in [2.05, 4.69) is 23.7 Å². The molecule has 1 aliphatic rings. The quantitative estimate of drug-likeness (QED) is 0.893. The maximum Gasteiger partial charge on any atom is 0.354 e. The monoisotopic (exact) mass is 248 g/mol. The molecule has 0 unspecified atom stereocenters. The van der Waals surface area contributed by atoms with Crippen molar-refractivity contribution in [3.8, 4) is 0 Å². The number of carboxylic acids is 1. The summed E-state index contributed by atoms with van der Waals surface area (Å²) in [6.45, 7) is 6.64. The van der Waals surface area contributed by atoms with Gasteiger partial charge < -0.3 is 10.0 Å². The zero-order chi connectivity index (χ0) is 13.2. The zero-order valence-corrected chi connectivity index (χ0v) is 11.0. The highest BCUT2D eigenvalue weighted by Crippen LogP contribution is 2.35. The van der Waals surface area contributed by atoms with Crippen LogP contribution in [0.2, 0.25) is 0 Å². The molecule has 0 aromatic carbocycles. The van der Waals surface area contributed by atoms with Crippen molar-refractivity contribution in [1.29, 1.82) is 0 Å². The third-order valence-corrected chi connectivity index (χ3v) is 4.16. The molecule has 0 spiro atoms. The van der Waals surface area contributed by atoms with E-state index >= 15 is 0 Å². The molecule has 0 radical (unpaired) electrons. The van der Waals surface area contributed by atoms with Crippen molar-refractivity contribution in [3.63, 3.8) is 0 Å². The first-order valence-corrected chi connectivity index (χ1v) is 6.48. The molecule has 0 saturated carbocycles. The first-order valence-electron chi connectivity index (χ1n) is 6.48. The lowest BCUT2D eigenvalue weighted by Crippen LogP contribution is -2.38. The molecule has 1 N–H and O–H groups in total. The van der Waals surface area contributed by atoms with Crippen LogP contribution in [0.3, 0.4) is 0 Å². The summed E-state index contributed by atoms with van der Waals surface area (Å²) in [5.74, 6) is -0.973. The molecule has 4 heteroatoms. The van der Waals surface area contributed by atoms with Crippen LogP contribution in [-0.4, -0.2) is 29.1 Å². The molecule has 98 valence electrons. The Bertz CT molecular complexity index is 420. The summed E-state index contributed by atoms with van der Waals surface area (Å²) < 4.78 is 0. The number of rotatable bonds is 3. The second-order valence-electron chi connectivity index (χ2n) is 5.36. The van der Waals surface area contributed by atoms with Crippen LogP contribution >= 0.6 is 0 Å². The van der Waals surface area contributed by atoms with E-state index in [-0.39, 0.29) is 5.69 Å². The molecule has 1 aliphatic heterocycles. The van der Waals surface area contributed by atoms with Gasteiger partial charge in [-0.15, -0.1) is 0 Å². The Hall–Kier alpha value is -1.58. The number of aromatic nitrogens is 1. The number of carbonyl (C=O) groups is 1. The molecule has 1 fully saturated rings. The Kier molecular flexibility index (Phi) is 3.55. The highest BCUT2D eigenvalue weighted by molar-refractivity contribution is 5.85. The number of pyridine rings is 1. The van der Waals surface area contributed by atoms with Crippen LogP contribution in [0.25, 0.3) is 0 Å². The number of anilines is 1. The lowest BCUT2D eigenvalue weighted by molar-refractivity contribution is 0.0690. The van der Waals surface area contributed by atoms with Gasteiger partial charge in [0.2, 0.25) is 0 Å². The molecule has 18 heavy (non-hydrogen) atoms. The molecule has 2 heterocycles. The van der Waals surface area contributed by atoms with Crippen molar-refractivity contribution in [2.24, 2.45) is 5.41 Å². The lowest BCUT2D eigenvalue weighted by Gasteiger charge is -2.39. The second kappa shape index (κ2) is 4.96. The van der Waals surface area contributed by atoms with Gasteiger partial charge >= 0.3 is 5.97 Å². The van der Waals surface area contributed by atoms with Crippen molar-refractivity contribution in [1.82, 2.24) is 4.98 Å². The molecule has 1 aromatic heterocycles. The Labute approximate surface area is 108 Å². The van der Waals surface area contributed by atoms with Crippen molar-refractivity contribution >= 4 is 11.7 Å². The average Bonchev–Trinajstić information content (AvgIpc) is 2.40. The fourth-order valence-electron chi connectivity index (χ4n) is 2.36. The number of nitrogens with zero attached hydrogens (tertiary/aromatic N) is 2. The highest BCUT2D eigenvalue weighted by atomic mass is 16.4. The van der Waals surface area contributed by atoms with Gasteiger partial charge in [0.15, 0.2) is 0 Å². The maximum atomic E-state index is 10.7. The van der Waals surface area contributed by atoms with E-state index in [1.165, 1.54) is 19.3 Å². The van der Waals surface area contributed by atoms with Gasteiger partial charge in [0, 0.05) is 13.1 Å². The van der Waals surface area contributed by atoms with E-state index in [1.807, 2.05) is 6.07 Å². The van der Waals surface area contributed by atoms with E-state index in [9.17, 15) is 4.79 Å². The minimum Gasteiger partial charge on any atom is -0.477 e. The molecule has 0 amide bonds. The van der Waals surface area contributed by atoms with Gasteiger partial charge in [0.25, 0.3) is 0 Å². The maximum absolute atomic E-state index is 10.7. The summed E-state index contributed by atoms with van der Waals surface area (Å²) in [7, 11) is 0. The fourth-order valence-corrected chi connectivity index (χ4v) is 2.36. The van der Waals surface area contributed by atoms with Gasteiger partial charge in [0.05, 0.1) is 11.9 Å². The van der Waals surface area contributed by atoms with Crippen molar-refractivity contribution in [3.05, 3.63) is 24.0 Å². The van der Waals surface area contributed by atoms with Crippen LogP contribution in [0, 0.1) is 5.41 Å². The minimum absolute atomic E-state index is 0.106. The van der Waals surface area contributed by atoms with Gasteiger partial charge in [-0.3, -0.25) is 0 Å². The van der Waals surface area contributed by atoms with Crippen LogP contribution in [0.1, 0.15) is 43.6 Å². The lowest BCUT2D eigenvalue weighted by atomic mass is 9.78. The summed E-state index contributed by atoms with van der Waals surface area (Å²) in [6, 6.07) is 3.43. The highest BCUT2D eigenvalue weighted by Gasteiger charge is 2.28. The van der Waals surface area contributed by atoms with Crippen molar-refractivity contribution in [2.75, 3.05) is 18.0 Å². The van der Waals surface area contributed by atoms with Crippen molar-refractivity contribution < 1.29 is 9.90 Å². The van der Waals surface area contributed by atoms with Gasteiger partial charge in [-0.05, 0) is 30.4 Å². The Morgan fingerprint density at radius 3 is 2.56 bits per heavy atom. The number of aromatic carboxylic acids is 1. The van der Waals surface area contributed by atoms with Crippen LogP contribution < -0.4 is 4.90 Å². The van der Waals surface area contributed by atoms with Gasteiger partial charge in [-0.25, -0.2) is 9.78 Å². The third-order valence-electron chi connectivity index (χ3n) is 4.16. The van der Waals surface area contributed by atoms with E-state index in [0.717, 1.165) is 18.8 Å². The molecular formula is C14H20N2O2. The summed E-state index contributed by atoms with van der Waals surface area (Å²) in [6.07, 6.45) is 5.25. The molecular weight excluding hydrogens is 228 g/mol.